The highest BCUT2D eigenvalue weighted by Gasteiger charge is 2.16. The standard InChI is InChI=1S/C13H16N2O5S.C11H13NO3/c1-7-4-11-10(5-9(7)8(2)16)12(17)15(13(18)14-11)6-21(3,19)20;1-6-4-10(12)9(11(14)15-3)5-8(6)7(2)13/h4-5,8,16H,6H2,1-3H3,(H,14,18);4-5H,12H2,1-3H3. The molecular formula is C24H29N3O8S. The Hall–Kier alpha value is -3.77. The second kappa shape index (κ2) is 10.9. The molecule has 1 atom stereocenters. The second-order valence-electron chi connectivity index (χ2n) is 8.45. The highest BCUT2D eigenvalue weighted by Crippen LogP contribution is 2.21. The lowest BCUT2D eigenvalue weighted by Crippen LogP contribution is -2.37. The molecule has 0 radical (unpaired) electrons. The number of carbonyl (C=O) groups excluding carboxylic acids is 2. The molecule has 3 aromatic rings. The number of anilines is 1. The number of ketones is 1. The number of aromatic amines is 1. The van der Waals surface area contributed by atoms with Crippen molar-refractivity contribution in [1.29, 1.82) is 0 Å². The lowest BCUT2D eigenvalue weighted by molar-refractivity contribution is 0.0602. The normalized spacial score (nSPS) is 12.0. The van der Waals surface area contributed by atoms with Gasteiger partial charge in [-0.3, -0.25) is 9.59 Å². The maximum atomic E-state index is 12.3. The van der Waals surface area contributed by atoms with E-state index >= 15 is 0 Å². The van der Waals surface area contributed by atoms with E-state index in [0.717, 1.165) is 17.4 Å². The van der Waals surface area contributed by atoms with E-state index in [0.29, 0.717) is 26.9 Å². The number of nitrogens with zero attached hydrogens (tertiary/aromatic N) is 1. The third kappa shape index (κ3) is 6.46. The number of hydrogen-bond acceptors (Lipinski definition) is 9. The number of hydrogen-bond donors (Lipinski definition) is 3. The Morgan fingerprint density at radius 2 is 1.72 bits per heavy atom. The molecule has 1 unspecified atom stereocenters. The number of nitrogens with one attached hydrogen (secondary N) is 1. The SMILES string of the molecule is COC(=O)c1cc(C(C)=O)c(C)cc1N.Cc1cc2[nH]c(=O)n(CS(C)(=O)=O)c(=O)c2cc1C(C)O. The van der Waals surface area contributed by atoms with Gasteiger partial charge in [-0.15, -0.1) is 0 Å². The topological polar surface area (TPSA) is 179 Å². The number of H-pyrrole nitrogens is 1. The Balaban J connectivity index is 0.000000269. The molecule has 0 saturated heterocycles. The van der Waals surface area contributed by atoms with E-state index in [2.05, 4.69) is 9.72 Å². The van der Waals surface area contributed by atoms with Crippen LogP contribution in [0, 0.1) is 13.8 Å². The Bertz CT molecular complexity index is 1570. The summed E-state index contributed by atoms with van der Waals surface area (Å²) in [6.45, 7) is 6.53. The first kappa shape index (κ1) is 28.5. The summed E-state index contributed by atoms with van der Waals surface area (Å²) in [4.78, 5) is 49.2. The van der Waals surface area contributed by atoms with Crippen molar-refractivity contribution in [2.24, 2.45) is 0 Å². The smallest absolute Gasteiger partial charge is 0.339 e. The average Bonchev–Trinajstić information content (AvgIpc) is 2.75. The molecule has 0 aliphatic rings. The van der Waals surface area contributed by atoms with Gasteiger partial charge in [0, 0.05) is 17.5 Å². The van der Waals surface area contributed by atoms with Crippen LogP contribution in [0.2, 0.25) is 0 Å². The molecule has 0 amide bonds. The largest absolute Gasteiger partial charge is 0.465 e. The van der Waals surface area contributed by atoms with E-state index in [-0.39, 0.29) is 16.7 Å². The molecule has 0 aliphatic carbocycles. The summed E-state index contributed by atoms with van der Waals surface area (Å²) in [6.07, 6.45) is 0.170. The van der Waals surface area contributed by atoms with Crippen LogP contribution in [0.25, 0.3) is 10.9 Å². The van der Waals surface area contributed by atoms with Gasteiger partial charge < -0.3 is 20.6 Å². The summed E-state index contributed by atoms with van der Waals surface area (Å²) in [7, 11) is -2.26. The van der Waals surface area contributed by atoms with Gasteiger partial charge in [0.05, 0.1) is 29.7 Å². The predicted octanol–water partition coefficient (Wildman–Crippen LogP) is 1.62. The highest BCUT2D eigenvalue weighted by molar-refractivity contribution is 7.89. The number of carbonyl (C=O) groups is 2. The summed E-state index contributed by atoms with van der Waals surface area (Å²) in [6, 6.07) is 6.14. The molecule has 11 nitrogen and oxygen atoms in total. The zero-order valence-electron chi connectivity index (χ0n) is 20.8. The maximum absolute atomic E-state index is 12.3. The number of nitrogen functional groups attached to an aromatic ring is 1. The lowest BCUT2D eigenvalue weighted by Gasteiger charge is -2.11. The zero-order valence-corrected chi connectivity index (χ0v) is 21.6. The van der Waals surface area contributed by atoms with Gasteiger partial charge in [-0.2, -0.15) is 0 Å². The van der Waals surface area contributed by atoms with Crippen LogP contribution >= 0.6 is 0 Å². The fourth-order valence-corrected chi connectivity index (χ4v) is 4.33. The van der Waals surface area contributed by atoms with Gasteiger partial charge in [0.2, 0.25) is 0 Å². The monoisotopic (exact) mass is 519 g/mol. The molecule has 4 N–H and O–H groups in total. The number of fused-ring (bicyclic) bond motifs is 1. The molecule has 0 fully saturated rings. The minimum Gasteiger partial charge on any atom is -0.465 e. The minimum atomic E-state index is -3.53. The number of aryl methyl sites for hydroxylation is 2. The minimum absolute atomic E-state index is 0.0994. The summed E-state index contributed by atoms with van der Waals surface area (Å²) < 4.78 is 27.8. The molecule has 0 aliphatic heterocycles. The van der Waals surface area contributed by atoms with Crippen molar-refractivity contribution in [2.45, 2.75) is 39.7 Å². The number of benzene rings is 2. The summed E-state index contributed by atoms with van der Waals surface area (Å²) >= 11 is 0. The van der Waals surface area contributed by atoms with Gasteiger partial charge in [0.25, 0.3) is 5.56 Å². The molecule has 0 spiro atoms. The summed E-state index contributed by atoms with van der Waals surface area (Å²) in [5, 5.41) is 9.86. The maximum Gasteiger partial charge on any atom is 0.339 e. The van der Waals surface area contributed by atoms with Gasteiger partial charge in [0.15, 0.2) is 15.6 Å². The van der Waals surface area contributed by atoms with Gasteiger partial charge >= 0.3 is 11.7 Å². The quantitative estimate of drug-likeness (QED) is 0.256. The molecule has 0 saturated carbocycles. The van der Waals surface area contributed by atoms with Crippen molar-refractivity contribution < 1.29 is 27.9 Å². The second-order valence-corrected chi connectivity index (χ2v) is 10.6. The van der Waals surface area contributed by atoms with Crippen molar-refractivity contribution in [2.75, 3.05) is 19.1 Å². The molecule has 1 heterocycles. The Kier molecular flexibility index (Phi) is 8.60. The molecular weight excluding hydrogens is 490 g/mol. The first-order valence-electron chi connectivity index (χ1n) is 10.7. The van der Waals surface area contributed by atoms with Crippen LogP contribution in [0.1, 0.15) is 57.4 Å². The Morgan fingerprint density at radius 3 is 2.22 bits per heavy atom. The number of aliphatic hydroxyl groups is 1. The summed E-state index contributed by atoms with van der Waals surface area (Å²) in [5.74, 6) is -1.32. The number of esters is 1. The van der Waals surface area contributed by atoms with Crippen molar-refractivity contribution in [3.63, 3.8) is 0 Å². The van der Waals surface area contributed by atoms with Crippen molar-refractivity contribution in [3.05, 3.63) is 72.9 Å². The lowest BCUT2D eigenvalue weighted by atomic mass is 10.0. The van der Waals surface area contributed by atoms with Gasteiger partial charge in [-0.1, -0.05) is 0 Å². The number of methoxy groups -OCH3 is 1. The van der Waals surface area contributed by atoms with Crippen LogP contribution in [-0.2, 0) is 20.5 Å². The van der Waals surface area contributed by atoms with E-state index in [1.807, 2.05) is 0 Å². The molecule has 2 aromatic carbocycles. The molecule has 0 bridgehead atoms. The van der Waals surface area contributed by atoms with E-state index in [1.54, 1.807) is 32.9 Å². The number of rotatable bonds is 5. The predicted molar refractivity (Wildman–Crippen MR) is 136 cm³/mol. The van der Waals surface area contributed by atoms with Crippen LogP contribution in [0.15, 0.2) is 33.9 Å². The van der Waals surface area contributed by atoms with Crippen LogP contribution < -0.4 is 17.0 Å². The van der Waals surface area contributed by atoms with E-state index < -0.39 is 39.0 Å². The zero-order chi connectivity index (χ0) is 27.5. The number of Topliss-reactive ketones (excluding diaryl/α,β-unsaturated/α-hetero) is 1. The highest BCUT2D eigenvalue weighted by atomic mass is 32.2. The Labute approximate surface area is 207 Å². The van der Waals surface area contributed by atoms with Crippen molar-refractivity contribution >= 4 is 38.2 Å². The first-order chi connectivity index (χ1) is 16.6. The number of ether oxygens (including phenoxy) is 1. The van der Waals surface area contributed by atoms with Gasteiger partial charge in [0.1, 0.15) is 5.88 Å². The van der Waals surface area contributed by atoms with Gasteiger partial charge in [-0.05, 0) is 68.7 Å². The molecule has 3 rings (SSSR count). The summed E-state index contributed by atoms with van der Waals surface area (Å²) in [5.41, 5.74) is 7.59. The van der Waals surface area contributed by atoms with Crippen molar-refractivity contribution in [1.82, 2.24) is 9.55 Å². The molecule has 1 aromatic heterocycles. The fraction of sp³-hybridized carbons (Fsp3) is 0.333. The fourth-order valence-electron chi connectivity index (χ4n) is 3.62. The number of aromatic nitrogens is 2. The average molecular weight is 520 g/mol. The van der Waals surface area contributed by atoms with Gasteiger partial charge in [-0.25, -0.2) is 22.6 Å². The van der Waals surface area contributed by atoms with Crippen molar-refractivity contribution in [3.8, 4) is 0 Å². The third-order valence-electron chi connectivity index (χ3n) is 5.36. The molecule has 36 heavy (non-hydrogen) atoms. The first-order valence-corrected chi connectivity index (χ1v) is 12.8. The van der Waals surface area contributed by atoms with E-state index in [4.69, 9.17) is 5.73 Å². The molecule has 12 heteroatoms. The van der Waals surface area contributed by atoms with Crippen LogP contribution in [-0.4, -0.2) is 48.2 Å². The van der Waals surface area contributed by atoms with Crippen LogP contribution in [0.5, 0.6) is 0 Å². The van der Waals surface area contributed by atoms with E-state index in [1.165, 1.54) is 26.2 Å². The van der Waals surface area contributed by atoms with Crippen LogP contribution in [0.4, 0.5) is 5.69 Å². The van der Waals surface area contributed by atoms with Crippen LogP contribution in [0.3, 0.4) is 0 Å². The molecule has 194 valence electrons. The Morgan fingerprint density at radius 1 is 1.11 bits per heavy atom. The van der Waals surface area contributed by atoms with E-state index in [9.17, 15) is 32.7 Å². The third-order valence-corrected chi connectivity index (χ3v) is 6.09. The number of aliphatic hydroxyl groups excluding tert-OH is 1. The number of sulfone groups is 1. The number of nitrogens with two attached hydrogens (primary N) is 1.